The van der Waals surface area contributed by atoms with Gasteiger partial charge < -0.3 is 19.7 Å². The first kappa shape index (κ1) is 16.5. The Balaban J connectivity index is 0. The Morgan fingerprint density at radius 2 is 1.87 bits per heavy atom. The summed E-state index contributed by atoms with van der Waals surface area (Å²) < 4.78 is 8.55. The van der Waals surface area contributed by atoms with Crippen LogP contribution in [0.5, 0.6) is 0 Å². The average molecular weight is 314 g/mol. The molecule has 0 aliphatic heterocycles. The van der Waals surface area contributed by atoms with Crippen molar-refractivity contribution in [2.45, 2.75) is 13.0 Å². The number of carboxylic acids is 1. The van der Waals surface area contributed by atoms with Crippen molar-refractivity contribution in [2.75, 3.05) is 13.2 Å². The molecular weight excluding hydrogens is 304 g/mol. The normalized spacial score (nSPS) is 10.8. The van der Waals surface area contributed by atoms with E-state index in [1.807, 2.05) is 0 Å². The molecule has 0 saturated heterocycles. The first-order chi connectivity index (χ1) is 6.47. The summed E-state index contributed by atoms with van der Waals surface area (Å²) in [6.07, 6.45) is -1.23. The molecule has 0 aliphatic rings. The summed E-state index contributed by atoms with van der Waals surface area (Å²) in [6.45, 7) is -0.436. The molecule has 2 N–H and O–H groups in total. The van der Waals surface area contributed by atoms with Crippen LogP contribution in [-0.2, 0) is 46.2 Å². The summed E-state index contributed by atoms with van der Waals surface area (Å²) in [4.78, 5) is 31.3. The monoisotopic (exact) mass is 313 g/mol. The Kier molecular flexibility index (Phi) is 9.28. The van der Waals surface area contributed by atoms with E-state index >= 15 is 0 Å². The van der Waals surface area contributed by atoms with Gasteiger partial charge in [-0.15, -0.1) is 0 Å². The van der Waals surface area contributed by atoms with Gasteiger partial charge in [-0.3, -0.25) is 0 Å². The number of carbonyl (C=O) groups excluding carboxylic acids is 2. The van der Waals surface area contributed by atoms with E-state index in [2.05, 4.69) is 9.47 Å². The molecule has 15 heavy (non-hydrogen) atoms. The molecule has 0 aromatic rings. The van der Waals surface area contributed by atoms with Crippen LogP contribution in [0.4, 0.5) is 0 Å². The van der Waals surface area contributed by atoms with E-state index in [0.717, 1.165) is 0 Å². The number of esters is 2. The van der Waals surface area contributed by atoms with E-state index in [0.29, 0.717) is 0 Å². The standard InChI is InChI=1S/C7H10O7.Ag/c1-4(14-6(11)2-8)7(12)13-3-5(9)10;/h4,8H,2-3H2,1H3,(H,9,10);. The zero-order valence-electron chi connectivity index (χ0n) is 7.73. The van der Waals surface area contributed by atoms with Gasteiger partial charge in [0.25, 0.3) is 0 Å². The van der Waals surface area contributed by atoms with Crippen LogP contribution in [0.3, 0.4) is 0 Å². The average Bonchev–Trinajstić information content (AvgIpc) is 2.13. The Morgan fingerprint density at radius 1 is 1.33 bits per heavy atom. The van der Waals surface area contributed by atoms with Crippen LogP contribution in [-0.4, -0.2) is 47.4 Å². The number of aliphatic carboxylic acids is 1. The number of hydrogen-bond donors (Lipinski definition) is 2. The molecule has 0 amide bonds. The summed E-state index contributed by atoms with van der Waals surface area (Å²) in [5.41, 5.74) is 0. The third kappa shape index (κ3) is 8.13. The number of aliphatic hydroxyl groups is 1. The van der Waals surface area contributed by atoms with Gasteiger partial charge in [-0.25, -0.2) is 14.4 Å². The van der Waals surface area contributed by atoms with E-state index in [4.69, 9.17) is 10.2 Å². The summed E-state index contributed by atoms with van der Waals surface area (Å²) >= 11 is 0. The van der Waals surface area contributed by atoms with Gasteiger partial charge in [-0.05, 0) is 6.92 Å². The van der Waals surface area contributed by atoms with Crippen LogP contribution in [0.15, 0.2) is 0 Å². The minimum Gasteiger partial charge on any atom is -0.479 e. The second kappa shape index (κ2) is 8.42. The molecule has 0 rings (SSSR count). The fraction of sp³-hybridized carbons (Fsp3) is 0.571. The number of hydrogen-bond acceptors (Lipinski definition) is 6. The van der Waals surface area contributed by atoms with Gasteiger partial charge >= 0.3 is 17.9 Å². The molecule has 1 atom stereocenters. The van der Waals surface area contributed by atoms with Gasteiger partial charge in [0.1, 0.15) is 6.61 Å². The van der Waals surface area contributed by atoms with Crippen LogP contribution in [0.25, 0.3) is 0 Å². The molecule has 0 bridgehead atoms. The van der Waals surface area contributed by atoms with Crippen LogP contribution >= 0.6 is 0 Å². The van der Waals surface area contributed by atoms with Crippen molar-refractivity contribution in [3.8, 4) is 0 Å². The molecule has 0 aromatic heterocycles. The molecule has 1 unspecified atom stereocenters. The zero-order valence-corrected chi connectivity index (χ0v) is 9.21. The van der Waals surface area contributed by atoms with Crippen molar-refractivity contribution in [1.29, 1.82) is 0 Å². The van der Waals surface area contributed by atoms with Crippen molar-refractivity contribution < 1.29 is 56.5 Å². The van der Waals surface area contributed by atoms with Crippen molar-refractivity contribution in [3.05, 3.63) is 0 Å². The third-order valence-corrected chi connectivity index (χ3v) is 1.11. The summed E-state index contributed by atoms with van der Waals surface area (Å²) in [5, 5.41) is 16.4. The fourth-order valence-corrected chi connectivity index (χ4v) is 0.533. The maximum Gasteiger partial charge on any atom is 0.347 e. The van der Waals surface area contributed by atoms with Crippen molar-refractivity contribution in [3.63, 3.8) is 0 Å². The van der Waals surface area contributed by atoms with Gasteiger partial charge in [-0.1, -0.05) is 0 Å². The molecule has 0 saturated carbocycles. The van der Waals surface area contributed by atoms with Crippen molar-refractivity contribution in [2.24, 2.45) is 0 Å². The molecule has 0 heterocycles. The Morgan fingerprint density at radius 3 is 2.27 bits per heavy atom. The van der Waals surface area contributed by atoms with Crippen molar-refractivity contribution in [1.82, 2.24) is 0 Å². The molecule has 0 aliphatic carbocycles. The smallest absolute Gasteiger partial charge is 0.347 e. The van der Waals surface area contributed by atoms with E-state index in [1.165, 1.54) is 6.92 Å². The Bertz CT molecular complexity index is 239. The third-order valence-electron chi connectivity index (χ3n) is 1.11. The van der Waals surface area contributed by atoms with Gasteiger partial charge in [0.15, 0.2) is 12.7 Å². The largest absolute Gasteiger partial charge is 0.479 e. The van der Waals surface area contributed by atoms with Crippen LogP contribution in [0.1, 0.15) is 6.92 Å². The van der Waals surface area contributed by atoms with Crippen LogP contribution in [0.2, 0.25) is 0 Å². The van der Waals surface area contributed by atoms with E-state index in [9.17, 15) is 14.4 Å². The molecule has 8 heteroatoms. The van der Waals surface area contributed by atoms with Gasteiger partial charge in [0.2, 0.25) is 0 Å². The molecule has 0 fully saturated rings. The van der Waals surface area contributed by atoms with Gasteiger partial charge in [-0.2, -0.15) is 0 Å². The van der Waals surface area contributed by atoms with Gasteiger partial charge in [0.05, 0.1) is 0 Å². The van der Waals surface area contributed by atoms with Crippen molar-refractivity contribution >= 4 is 17.9 Å². The topological polar surface area (TPSA) is 110 Å². The second-order valence-electron chi connectivity index (χ2n) is 2.29. The molecule has 0 spiro atoms. The summed E-state index contributed by atoms with van der Waals surface area (Å²) in [6, 6.07) is 0. The maximum atomic E-state index is 10.9. The van der Waals surface area contributed by atoms with Gasteiger partial charge in [0, 0.05) is 22.4 Å². The van der Waals surface area contributed by atoms with Crippen LogP contribution < -0.4 is 0 Å². The SMILES string of the molecule is CC(OC(=O)CO)C(=O)OCC(=O)O.[Ag]. The molecule has 1 radical (unpaired) electrons. The Labute approximate surface area is 101 Å². The molecule has 0 aromatic carbocycles. The van der Waals surface area contributed by atoms with E-state index < -0.39 is 37.2 Å². The minimum atomic E-state index is -1.31. The number of aliphatic hydroxyl groups excluding tert-OH is 1. The summed E-state index contributed by atoms with van der Waals surface area (Å²) in [7, 11) is 0. The molecule has 91 valence electrons. The zero-order chi connectivity index (χ0) is 11.1. The second-order valence-corrected chi connectivity index (χ2v) is 2.29. The molecule has 7 nitrogen and oxygen atoms in total. The molecular formula is C7H10AgO7. The number of carboxylic acid groups (broad SMARTS) is 1. The predicted octanol–water partition coefficient (Wildman–Crippen LogP) is -1.46. The van der Waals surface area contributed by atoms with Crippen LogP contribution in [0, 0.1) is 0 Å². The Hall–Kier alpha value is -0.890. The number of ether oxygens (including phenoxy) is 2. The van der Waals surface area contributed by atoms with E-state index in [-0.39, 0.29) is 22.4 Å². The maximum absolute atomic E-state index is 10.9. The number of carbonyl (C=O) groups is 3. The predicted molar refractivity (Wildman–Crippen MR) is 41.2 cm³/mol. The fourth-order valence-electron chi connectivity index (χ4n) is 0.533. The first-order valence-corrected chi connectivity index (χ1v) is 3.66. The quantitative estimate of drug-likeness (QED) is 0.471. The van der Waals surface area contributed by atoms with E-state index in [1.54, 1.807) is 0 Å². The minimum absolute atomic E-state index is 0. The number of rotatable bonds is 5. The summed E-state index contributed by atoms with van der Waals surface area (Å²) in [5.74, 6) is -3.27. The first-order valence-electron chi connectivity index (χ1n) is 3.66.